The predicted octanol–water partition coefficient (Wildman–Crippen LogP) is 4.18. The maximum absolute atomic E-state index is 13.3. The molecule has 0 saturated carbocycles. The van der Waals surface area contributed by atoms with Gasteiger partial charge in [0.05, 0.1) is 6.04 Å². The second kappa shape index (κ2) is 5.13. The topological polar surface area (TPSA) is 32.3 Å². The highest BCUT2D eigenvalue weighted by Crippen LogP contribution is 2.37. The Kier molecular flexibility index (Phi) is 3.34. The number of nitrogens with one attached hydrogen (secondary N) is 1. The van der Waals surface area contributed by atoms with Crippen molar-refractivity contribution in [1.29, 1.82) is 0 Å². The summed E-state index contributed by atoms with van der Waals surface area (Å²) in [4.78, 5) is 1.28. The first-order valence-corrected chi connectivity index (χ1v) is 7.19. The minimum atomic E-state index is -0.594. The summed E-state index contributed by atoms with van der Waals surface area (Å²) in [5.74, 6) is 0.142. The summed E-state index contributed by atoms with van der Waals surface area (Å²) < 4.78 is 13.3. The smallest absolute Gasteiger partial charge is 0.166 e. The highest BCUT2D eigenvalue weighted by atomic mass is 32.2. The monoisotopic (exact) mass is 275 g/mol. The Labute approximate surface area is 115 Å². The first-order chi connectivity index (χ1) is 9.24. The number of hydrogen-bond donors (Lipinski definition) is 2. The fraction of sp³-hybridized carbons (Fsp3) is 0.200. The molecule has 98 valence electrons. The van der Waals surface area contributed by atoms with Crippen LogP contribution in [0.2, 0.25) is 0 Å². The fourth-order valence-electron chi connectivity index (χ4n) is 2.29. The molecule has 0 saturated heterocycles. The molecular formula is C15H14FNOS. The third-order valence-electron chi connectivity index (χ3n) is 3.25. The summed E-state index contributed by atoms with van der Waals surface area (Å²) in [5.41, 5.74) is 1.95. The van der Waals surface area contributed by atoms with Crippen molar-refractivity contribution in [3.8, 4) is 5.75 Å². The van der Waals surface area contributed by atoms with Crippen LogP contribution in [0.5, 0.6) is 5.75 Å². The molecule has 19 heavy (non-hydrogen) atoms. The molecule has 1 aliphatic heterocycles. The van der Waals surface area contributed by atoms with E-state index in [4.69, 9.17) is 0 Å². The van der Waals surface area contributed by atoms with Crippen molar-refractivity contribution >= 4 is 17.4 Å². The van der Waals surface area contributed by atoms with Gasteiger partial charge in [-0.05, 0) is 30.2 Å². The van der Waals surface area contributed by atoms with Crippen molar-refractivity contribution in [2.75, 3.05) is 11.1 Å². The highest BCUT2D eigenvalue weighted by Gasteiger charge is 2.20. The molecule has 1 heterocycles. The molecule has 2 aromatic carbocycles. The molecule has 0 radical (unpaired) electrons. The van der Waals surface area contributed by atoms with Gasteiger partial charge >= 0.3 is 0 Å². The molecule has 2 nitrogen and oxygen atoms in total. The number of anilines is 1. The molecule has 3 rings (SSSR count). The minimum absolute atomic E-state index is 0.196. The van der Waals surface area contributed by atoms with Crippen LogP contribution in [0, 0.1) is 5.82 Å². The van der Waals surface area contributed by atoms with Gasteiger partial charge in [0, 0.05) is 22.4 Å². The van der Waals surface area contributed by atoms with Gasteiger partial charge in [-0.25, -0.2) is 4.39 Å². The summed E-state index contributed by atoms with van der Waals surface area (Å²) in [6.45, 7) is 0. The van der Waals surface area contributed by atoms with Crippen LogP contribution in [0.25, 0.3) is 0 Å². The Morgan fingerprint density at radius 1 is 1.21 bits per heavy atom. The Hall–Kier alpha value is -1.68. The van der Waals surface area contributed by atoms with Crippen LogP contribution in [-0.4, -0.2) is 10.9 Å². The van der Waals surface area contributed by atoms with Crippen LogP contribution >= 0.6 is 11.8 Å². The molecule has 0 bridgehead atoms. The second-order valence-corrected chi connectivity index (χ2v) is 5.67. The highest BCUT2D eigenvalue weighted by molar-refractivity contribution is 7.99. The molecule has 0 fully saturated rings. The van der Waals surface area contributed by atoms with E-state index in [0.717, 1.165) is 12.2 Å². The summed E-state index contributed by atoms with van der Waals surface area (Å²) in [7, 11) is 0. The van der Waals surface area contributed by atoms with Gasteiger partial charge in [0.25, 0.3) is 0 Å². The lowest BCUT2D eigenvalue weighted by molar-refractivity contribution is 0.432. The van der Waals surface area contributed by atoms with Crippen molar-refractivity contribution in [3.05, 3.63) is 53.8 Å². The van der Waals surface area contributed by atoms with Crippen LogP contribution in [0.4, 0.5) is 10.1 Å². The number of rotatable bonds is 2. The third-order valence-corrected chi connectivity index (χ3v) is 4.37. The van der Waals surface area contributed by atoms with Gasteiger partial charge in [-0.1, -0.05) is 18.2 Å². The van der Waals surface area contributed by atoms with E-state index in [1.807, 2.05) is 23.9 Å². The molecule has 2 N–H and O–H groups in total. The maximum atomic E-state index is 13.3. The van der Waals surface area contributed by atoms with Gasteiger partial charge in [-0.2, -0.15) is 0 Å². The summed E-state index contributed by atoms with van der Waals surface area (Å²) >= 11 is 1.85. The number of phenolic OH excluding ortho intramolecular Hbond substituents is 1. The number of halogens is 1. The predicted molar refractivity (Wildman–Crippen MR) is 76.2 cm³/mol. The normalized spacial score (nSPS) is 17.8. The molecule has 0 aromatic heterocycles. The van der Waals surface area contributed by atoms with Crippen LogP contribution in [0.15, 0.2) is 47.4 Å². The molecule has 0 aliphatic carbocycles. The number of hydrogen-bond acceptors (Lipinski definition) is 3. The Morgan fingerprint density at radius 2 is 2.05 bits per heavy atom. The average molecular weight is 275 g/mol. The molecule has 4 heteroatoms. The Morgan fingerprint density at radius 3 is 2.89 bits per heavy atom. The molecular weight excluding hydrogens is 261 g/mol. The summed E-state index contributed by atoms with van der Waals surface area (Å²) in [6.07, 6.45) is 1.00. The molecule has 0 amide bonds. The number of thioether (sulfide) groups is 1. The van der Waals surface area contributed by atoms with E-state index in [1.165, 1.54) is 22.6 Å². The summed E-state index contributed by atoms with van der Waals surface area (Å²) in [5, 5.41) is 12.5. The van der Waals surface area contributed by atoms with Gasteiger partial charge in [-0.15, -0.1) is 11.8 Å². The zero-order valence-electron chi connectivity index (χ0n) is 10.3. The SMILES string of the molecule is Oc1ccc(NC2CCSc3ccccc32)cc1F. The zero-order chi connectivity index (χ0) is 13.2. The average Bonchev–Trinajstić information content (AvgIpc) is 2.43. The van der Waals surface area contributed by atoms with Gasteiger partial charge < -0.3 is 10.4 Å². The van der Waals surface area contributed by atoms with Gasteiger partial charge in [0.2, 0.25) is 0 Å². The number of fused-ring (bicyclic) bond motifs is 1. The summed E-state index contributed by atoms with van der Waals surface area (Å²) in [6, 6.07) is 12.9. The Bertz CT molecular complexity index is 602. The van der Waals surface area contributed by atoms with Crippen molar-refractivity contribution in [2.24, 2.45) is 0 Å². The van der Waals surface area contributed by atoms with Crippen LogP contribution in [0.1, 0.15) is 18.0 Å². The van der Waals surface area contributed by atoms with E-state index in [-0.39, 0.29) is 11.8 Å². The molecule has 0 spiro atoms. The first-order valence-electron chi connectivity index (χ1n) is 6.21. The largest absolute Gasteiger partial charge is 0.505 e. The number of aromatic hydroxyl groups is 1. The lowest BCUT2D eigenvalue weighted by Gasteiger charge is -2.26. The molecule has 1 aliphatic rings. The van der Waals surface area contributed by atoms with Crippen molar-refractivity contribution in [1.82, 2.24) is 0 Å². The van der Waals surface area contributed by atoms with E-state index >= 15 is 0 Å². The standard InChI is InChI=1S/C15H14FNOS/c16-12-9-10(5-6-14(12)18)17-13-7-8-19-15-4-2-1-3-11(13)15/h1-6,9,13,17-18H,7-8H2. The van der Waals surface area contributed by atoms with Gasteiger partial charge in [-0.3, -0.25) is 0 Å². The Balaban J connectivity index is 1.86. The van der Waals surface area contributed by atoms with E-state index in [2.05, 4.69) is 17.4 Å². The van der Waals surface area contributed by atoms with Crippen molar-refractivity contribution < 1.29 is 9.50 Å². The quantitative estimate of drug-likeness (QED) is 0.806. The van der Waals surface area contributed by atoms with Crippen LogP contribution in [-0.2, 0) is 0 Å². The maximum Gasteiger partial charge on any atom is 0.166 e. The minimum Gasteiger partial charge on any atom is -0.505 e. The zero-order valence-corrected chi connectivity index (χ0v) is 11.1. The fourth-order valence-corrected chi connectivity index (χ4v) is 3.42. The van der Waals surface area contributed by atoms with E-state index in [9.17, 15) is 9.50 Å². The number of benzene rings is 2. The van der Waals surface area contributed by atoms with Crippen molar-refractivity contribution in [2.45, 2.75) is 17.4 Å². The van der Waals surface area contributed by atoms with Gasteiger partial charge in [0.15, 0.2) is 11.6 Å². The third kappa shape index (κ3) is 2.54. The number of phenols is 1. The lowest BCUT2D eigenvalue weighted by atomic mass is 10.0. The van der Waals surface area contributed by atoms with Gasteiger partial charge in [0.1, 0.15) is 0 Å². The van der Waals surface area contributed by atoms with E-state index < -0.39 is 5.82 Å². The van der Waals surface area contributed by atoms with E-state index in [0.29, 0.717) is 5.69 Å². The van der Waals surface area contributed by atoms with Crippen LogP contribution in [0.3, 0.4) is 0 Å². The first kappa shape index (κ1) is 12.4. The molecule has 2 aromatic rings. The lowest BCUT2D eigenvalue weighted by Crippen LogP contribution is -2.16. The van der Waals surface area contributed by atoms with Crippen molar-refractivity contribution in [3.63, 3.8) is 0 Å². The van der Waals surface area contributed by atoms with E-state index in [1.54, 1.807) is 6.07 Å². The molecule has 1 atom stereocenters. The van der Waals surface area contributed by atoms with Crippen LogP contribution < -0.4 is 5.32 Å². The second-order valence-electron chi connectivity index (χ2n) is 4.54. The molecule has 1 unspecified atom stereocenters.